The fraction of sp³-hybridized carbons (Fsp3) is 0.238. The number of halogens is 3. The van der Waals surface area contributed by atoms with Gasteiger partial charge in [-0.05, 0) is 36.4 Å². The average molecular weight is 430 g/mol. The molecule has 1 atom stereocenters. The van der Waals surface area contributed by atoms with Gasteiger partial charge < -0.3 is 14.7 Å². The first-order valence-electron chi connectivity index (χ1n) is 9.40. The predicted octanol–water partition coefficient (Wildman–Crippen LogP) is 4.06. The van der Waals surface area contributed by atoms with Crippen molar-refractivity contribution < 1.29 is 27.3 Å². The SMILES string of the molecule is Cc1nc(-c2cccc(N3C[C@@H](C(=O)Nc4ccc(C(F)(F)F)cc4)CC3=O)c2)no1. The van der Waals surface area contributed by atoms with Crippen molar-refractivity contribution in [2.24, 2.45) is 5.92 Å². The number of hydrogen-bond donors (Lipinski definition) is 1. The quantitative estimate of drug-likeness (QED) is 0.675. The van der Waals surface area contributed by atoms with Gasteiger partial charge in [0, 0.05) is 36.8 Å². The molecule has 2 aromatic carbocycles. The van der Waals surface area contributed by atoms with Gasteiger partial charge in [-0.3, -0.25) is 9.59 Å². The molecule has 160 valence electrons. The number of anilines is 2. The van der Waals surface area contributed by atoms with Gasteiger partial charge in [-0.25, -0.2) is 0 Å². The van der Waals surface area contributed by atoms with Gasteiger partial charge in [0.15, 0.2) is 0 Å². The van der Waals surface area contributed by atoms with E-state index >= 15 is 0 Å². The molecule has 1 fully saturated rings. The maximum atomic E-state index is 12.7. The van der Waals surface area contributed by atoms with E-state index in [-0.39, 0.29) is 24.6 Å². The topological polar surface area (TPSA) is 88.3 Å². The molecule has 3 aromatic rings. The van der Waals surface area contributed by atoms with Crippen LogP contribution >= 0.6 is 0 Å². The minimum Gasteiger partial charge on any atom is -0.339 e. The van der Waals surface area contributed by atoms with Crippen LogP contribution in [0.25, 0.3) is 11.4 Å². The van der Waals surface area contributed by atoms with Crippen molar-refractivity contribution >= 4 is 23.2 Å². The molecule has 0 radical (unpaired) electrons. The summed E-state index contributed by atoms with van der Waals surface area (Å²) in [6, 6.07) is 11.2. The van der Waals surface area contributed by atoms with Crippen LogP contribution in [0.2, 0.25) is 0 Å². The number of carbonyl (C=O) groups is 2. The maximum absolute atomic E-state index is 12.7. The normalized spacial score (nSPS) is 16.6. The molecule has 1 aliphatic heterocycles. The Balaban J connectivity index is 1.45. The molecule has 0 saturated carbocycles. The van der Waals surface area contributed by atoms with Gasteiger partial charge in [-0.1, -0.05) is 17.3 Å². The molecule has 0 unspecified atom stereocenters. The Bertz CT molecular complexity index is 1130. The summed E-state index contributed by atoms with van der Waals surface area (Å²) in [5, 5.41) is 6.44. The van der Waals surface area contributed by atoms with Gasteiger partial charge in [0.2, 0.25) is 23.5 Å². The lowest BCUT2D eigenvalue weighted by Gasteiger charge is -2.17. The van der Waals surface area contributed by atoms with Gasteiger partial charge in [0.1, 0.15) is 0 Å². The zero-order valence-corrected chi connectivity index (χ0v) is 16.3. The monoisotopic (exact) mass is 430 g/mol. The Morgan fingerprint density at radius 3 is 2.58 bits per heavy atom. The molecule has 1 aromatic heterocycles. The lowest BCUT2D eigenvalue weighted by molar-refractivity contribution is -0.137. The van der Waals surface area contributed by atoms with E-state index in [0.717, 1.165) is 12.1 Å². The van der Waals surface area contributed by atoms with E-state index in [1.807, 2.05) is 0 Å². The summed E-state index contributed by atoms with van der Waals surface area (Å²) in [6.45, 7) is 1.82. The largest absolute Gasteiger partial charge is 0.416 e. The van der Waals surface area contributed by atoms with Gasteiger partial charge >= 0.3 is 6.18 Å². The Morgan fingerprint density at radius 1 is 1.19 bits per heavy atom. The highest BCUT2D eigenvalue weighted by Crippen LogP contribution is 2.31. The highest BCUT2D eigenvalue weighted by Gasteiger charge is 2.35. The molecule has 0 aliphatic carbocycles. The molecule has 1 N–H and O–H groups in total. The van der Waals surface area contributed by atoms with Crippen LogP contribution in [0.3, 0.4) is 0 Å². The smallest absolute Gasteiger partial charge is 0.339 e. The highest BCUT2D eigenvalue weighted by molar-refractivity contribution is 6.03. The number of rotatable bonds is 4. The van der Waals surface area contributed by atoms with Crippen LogP contribution < -0.4 is 10.2 Å². The number of aromatic nitrogens is 2. The Morgan fingerprint density at radius 2 is 1.94 bits per heavy atom. The van der Waals surface area contributed by atoms with E-state index in [2.05, 4.69) is 15.5 Å². The second-order valence-electron chi connectivity index (χ2n) is 7.16. The minimum absolute atomic E-state index is 0.00197. The third kappa shape index (κ3) is 4.42. The van der Waals surface area contributed by atoms with Gasteiger partial charge in [0.05, 0.1) is 11.5 Å². The van der Waals surface area contributed by atoms with Crippen molar-refractivity contribution in [3.63, 3.8) is 0 Å². The van der Waals surface area contributed by atoms with Crippen LogP contribution in [0.1, 0.15) is 17.9 Å². The van der Waals surface area contributed by atoms with Crippen molar-refractivity contribution in [3.05, 3.63) is 60.0 Å². The van der Waals surface area contributed by atoms with Gasteiger partial charge in [-0.15, -0.1) is 0 Å². The van der Waals surface area contributed by atoms with Crippen LogP contribution in [0.5, 0.6) is 0 Å². The molecule has 0 bridgehead atoms. The first kappa shape index (κ1) is 20.6. The van der Waals surface area contributed by atoms with Crippen molar-refractivity contribution in [1.82, 2.24) is 10.1 Å². The van der Waals surface area contributed by atoms with Crippen LogP contribution in [0.4, 0.5) is 24.5 Å². The van der Waals surface area contributed by atoms with E-state index < -0.39 is 23.6 Å². The summed E-state index contributed by atoms with van der Waals surface area (Å²) < 4.78 is 43.0. The van der Waals surface area contributed by atoms with E-state index in [0.29, 0.717) is 23.0 Å². The number of hydrogen-bond acceptors (Lipinski definition) is 5. The van der Waals surface area contributed by atoms with E-state index in [4.69, 9.17) is 4.52 Å². The lowest BCUT2D eigenvalue weighted by Crippen LogP contribution is -2.28. The highest BCUT2D eigenvalue weighted by atomic mass is 19.4. The van der Waals surface area contributed by atoms with Crippen LogP contribution in [-0.2, 0) is 15.8 Å². The van der Waals surface area contributed by atoms with Gasteiger partial charge in [0.25, 0.3) is 0 Å². The number of amides is 2. The summed E-state index contributed by atoms with van der Waals surface area (Å²) in [4.78, 5) is 30.7. The first-order chi connectivity index (χ1) is 14.7. The second kappa shape index (κ2) is 7.86. The molecule has 1 saturated heterocycles. The molecule has 31 heavy (non-hydrogen) atoms. The fourth-order valence-corrected chi connectivity index (χ4v) is 3.35. The molecule has 0 spiro atoms. The third-order valence-electron chi connectivity index (χ3n) is 4.92. The molecule has 1 aliphatic rings. The molecule has 4 rings (SSSR count). The number of nitrogens with one attached hydrogen (secondary N) is 1. The van der Waals surface area contributed by atoms with Crippen molar-refractivity contribution in [1.29, 1.82) is 0 Å². The van der Waals surface area contributed by atoms with Gasteiger partial charge in [-0.2, -0.15) is 18.2 Å². The number of nitrogens with zero attached hydrogens (tertiary/aromatic N) is 3. The van der Waals surface area contributed by atoms with E-state index in [9.17, 15) is 22.8 Å². The fourth-order valence-electron chi connectivity index (χ4n) is 3.35. The summed E-state index contributed by atoms with van der Waals surface area (Å²) >= 11 is 0. The van der Waals surface area contributed by atoms with Crippen molar-refractivity contribution in [2.75, 3.05) is 16.8 Å². The zero-order chi connectivity index (χ0) is 22.2. The average Bonchev–Trinajstić information content (AvgIpc) is 3.34. The number of alkyl halides is 3. The molecule has 10 heteroatoms. The first-order valence-corrected chi connectivity index (χ1v) is 9.40. The Kier molecular flexibility index (Phi) is 5.22. The maximum Gasteiger partial charge on any atom is 0.416 e. The third-order valence-corrected chi connectivity index (χ3v) is 4.92. The Hall–Kier alpha value is -3.69. The molecular formula is C21H17F3N4O3. The number of benzene rings is 2. The second-order valence-corrected chi connectivity index (χ2v) is 7.16. The lowest BCUT2D eigenvalue weighted by atomic mass is 10.1. The van der Waals surface area contributed by atoms with E-state index in [1.165, 1.54) is 17.0 Å². The number of aryl methyl sites for hydroxylation is 1. The summed E-state index contributed by atoms with van der Waals surface area (Å²) in [6.07, 6.45) is -4.45. The van der Waals surface area contributed by atoms with Crippen molar-refractivity contribution in [3.8, 4) is 11.4 Å². The summed E-state index contributed by atoms with van der Waals surface area (Å²) in [5.41, 5.74) is 0.692. The number of carbonyl (C=O) groups excluding carboxylic acids is 2. The molecule has 2 heterocycles. The molecular weight excluding hydrogens is 413 g/mol. The standard InChI is InChI=1S/C21H17F3N4O3/c1-12-25-19(27-31-12)13-3-2-4-17(9-13)28-11-14(10-18(28)29)20(30)26-16-7-5-15(6-8-16)21(22,23)24/h2-9,14H,10-11H2,1H3,(H,26,30)/t14-/m0/s1. The molecule has 7 nitrogen and oxygen atoms in total. The van der Waals surface area contributed by atoms with E-state index in [1.54, 1.807) is 31.2 Å². The predicted molar refractivity (Wildman–Crippen MR) is 105 cm³/mol. The van der Waals surface area contributed by atoms with Crippen LogP contribution in [0, 0.1) is 12.8 Å². The zero-order valence-electron chi connectivity index (χ0n) is 16.3. The summed E-state index contributed by atoms with van der Waals surface area (Å²) in [5.74, 6) is -0.485. The molecule has 2 amide bonds. The Labute approximate surface area is 174 Å². The van der Waals surface area contributed by atoms with Crippen molar-refractivity contribution in [2.45, 2.75) is 19.5 Å². The minimum atomic E-state index is -4.45. The van der Waals surface area contributed by atoms with Crippen LogP contribution in [0.15, 0.2) is 53.1 Å². The van der Waals surface area contributed by atoms with Crippen LogP contribution in [-0.4, -0.2) is 28.5 Å². The summed E-state index contributed by atoms with van der Waals surface area (Å²) in [7, 11) is 0.